The Morgan fingerprint density at radius 1 is 1.03 bits per heavy atom. The number of para-hydroxylation sites is 1. The van der Waals surface area contributed by atoms with Crippen LogP contribution in [0.25, 0.3) is 0 Å². The quantitative estimate of drug-likeness (QED) is 0.644. The summed E-state index contributed by atoms with van der Waals surface area (Å²) in [6, 6.07) is 20.7. The third kappa shape index (κ3) is 4.76. The molecule has 0 radical (unpaired) electrons. The fraction of sp³-hybridized carbons (Fsp3) is 0.160. The van der Waals surface area contributed by atoms with Crippen molar-refractivity contribution in [3.63, 3.8) is 0 Å². The van der Waals surface area contributed by atoms with Gasteiger partial charge in [-0.25, -0.2) is 9.18 Å². The zero-order valence-corrected chi connectivity index (χ0v) is 17.2. The van der Waals surface area contributed by atoms with Crippen molar-refractivity contribution < 1.29 is 14.0 Å². The standard InChI is InChI=1S/C25H21FN4O2/c26-20-9-11-21(12-10-20)28-25(32)29-22(15-17-5-7-18(16-27)8-6-17)24(31)30-14-13-19-3-1-2-4-23(19)30/h1-12,22H,13-15H2,(H2,28,29,32). The second-order valence-corrected chi connectivity index (χ2v) is 7.54. The lowest BCUT2D eigenvalue weighted by Crippen LogP contribution is -2.50. The van der Waals surface area contributed by atoms with Crippen LogP contribution in [0.5, 0.6) is 0 Å². The Hall–Kier alpha value is -4.18. The van der Waals surface area contributed by atoms with Gasteiger partial charge in [0.25, 0.3) is 0 Å². The van der Waals surface area contributed by atoms with Crippen molar-refractivity contribution in [1.82, 2.24) is 5.32 Å². The Labute approximate surface area is 185 Å². The molecule has 1 aliphatic heterocycles. The van der Waals surface area contributed by atoms with Gasteiger partial charge in [0.05, 0.1) is 11.6 Å². The summed E-state index contributed by atoms with van der Waals surface area (Å²) >= 11 is 0. The minimum Gasteiger partial charge on any atom is -0.326 e. The molecule has 3 aromatic carbocycles. The number of urea groups is 1. The second-order valence-electron chi connectivity index (χ2n) is 7.54. The number of nitrogens with zero attached hydrogens (tertiary/aromatic N) is 2. The molecule has 0 spiro atoms. The predicted molar refractivity (Wildman–Crippen MR) is 120 cm³/mol. The Morgan fingerprint density at radius 2 is 1.75 bits per heavy atom. The highest BCUT2D eigenvalue weighted by Gasteiger charge is 2.31. The number of benzene rings is 3. The number of nitrogens with one attached hydrogen (secondary N) is 2. The number of carbonyl (C=O) groups excluding carboxylic acids is 2. The minimum atomic E-state index is -0.824. The van der Waals surface area contributed by atoms with E-state index >= 15 is 0 Å². The van der Waals surface area contributed by atoms with Gasteiger partial charge >= 0.3 is 6.03 Å². The number of anilines is 2. The fourth-order valence-corrected chi connectivity index (χ4v) is 3.77. The lowest BCUT2D eigenvalue weighted by Gasteiger charge is -2.25. The molecule has 32 heavy (non-hydrogen) atoms. The summed E-state index contributed by atoms with van der Waals surface area (Å²) in [7, 11) is 0. The molecule has 0 aliphatic carbocycles. The summed E-state index contributed by atoms with van der Waals surface area (Å²) in [5, 5.41) is 14.4. The molecule has 0 aromatic heterocycles. The molecule has 0 saturated heterocycles. The highest BCUT2D eigenvalue weighted by molar-refractivity contribution is 6.02. The molecule has 0 bridgehead atoms. The smallest absolute Gasteiger partial charge is 0.319 e. The lowest BCUT2D eigenvalue weighted by atomic mass is 10.0. The van der Waals surface area contributed by atoms with Crippen LogP contribution in [0.4, 0.5) is 20.6 Å². The van der Waals surface area contributed by atoms with E-state index in [1.165, 1.54) is 24.3 Å². The molecular formula is C25H21FN4O2. The van der Waals surface area contributed by atoms with E-state index in [1.54, 1.807) is 29.2 Å². The third-order valence-electron chi connectivity index (χ3n) is 5.38. The van der Waals surface area contributed by atoms with Gasteiger partial charge in [-0.1, -0.05) is 30.3 Å². The average molecular weight is 428 g/mol. The number of halogens is 1. The number of carbonyl (C=O) groups is 2. The molecule has 0 saturated carbocycles. The van der Waals surface area contributed by atoms with Crippen LogP contribution in [0, 0.1) is 17.1 Å². The second kappa shape index (κ2) is 9.31. The molecular weight excluding hydrogens is 407 g/mol. The molecule has 7 heteroatoms. The van der Waals surface area contributed by atoms with Gasteiger partial charge in [-0.3, -0.25) is 4.79 Å². The van der Waals surface area contributed by atoms with Gasteiger partial charge < -0.3 is 15.5 Å². The van der Waals surface area contributed by atoms with Crippen molar-refractivity contribution in [3.05, 3.63) is 95.3 Å². The topological polar surface area (TPSA) is 85.2 Å². The first kappa shape index (κ1) is 21.1. The minimum absolute atomic E-state index is 0.214. The van der Waals surface area contributed by atoms with E-state index in [2.05, 4.69) is 16.7 Å². The summed E-state index contributed by atoms with van der Waals surface area (Å²) in [6.45, 7) is 0.545. The maximum absolute atomic E-state index is 13.4. The van der Waals surface area contributed by atoms with Crippen LogP contribution in [-0.2, 0) is 17.6 Å². The van der Waals surface area contributed by atoms with Crippen LogP contribution in [-0.4, -0.2) is 24.5 Å². The molecule has 1 aliphatic rings. The predicted octanol–water partition coefficient (Wildman–Crippen LogP) is 4.02. The highest BCUT2D eigenvalue weighted by Crippen LogP contribution is 2.28. The maximum atomic E-state index is 13.4. The van der Waals surface area contributed by atoms with E-state index < -0.39 is 17.9 Å². The number of fused-ring (bicyclic) bond motifs is 1. The Kier molecular flexibility index (Phi) is 6.13. The summed E-state index contributed by atoms with van der Waals surface area (Å²) in [5.41, 5.74) is 3.70. The van der Waals surface area contributed by atoms with E-state index in [0.29, 0.717) is 17.8 Å². The summed E-state index contributed by atoms with van der Waals surface area (Å²) in [5.74, 6) is -0.619. The Balaban J connectivity index is 1.54. The maximum Gasteiger partial charge on any atom is 0.319 e. The molecule has 3 aromatic rings. The van der Waals surface area contributed by atoms with E-state index in [9.17, 15) is 14.0 Å². The molecule has 160 valence electrons. The van der Waals surface area contributed by atoms with Crippen LogP contribution in [0.15, 0.2) is 72.8 Å². The number of rotatable bonds is 5. The van der Waals surface area contributed by atoms with Gasteiger partial charge in [0.1, 0.15) is 11.9 Å². The van der Waals surface area contributed by atoms with Crippen molar-refractivity contribution in [2.24, 2.45) is 0 Å². The van der Waals surface area contributed by atoms with Crippen molar-refractivity contribution >= 4 is 23.3 Å². The van der Waals surface area contributed by atoms with E-state index in [-0.39, 0.29) is 12.3 Å². The van der Waals surface area contributed by atoms with Crippen LogP contribution < -0.4 is 15.5 Å². The lowest BCUT2D eigenvalue weighted by molar-refractivity contribution is -0.120. The van der Waals surface area contributed by atoms with Gasteiger partial charge in [-0.05, 0) is 60.0 Å². The van der Waals surface area contributed by atoms with Gasteiger partial charge in [0.2, 0.25) is 5.91 Å². The number of nitriles is 1. The van der Waals surface area contributed by atoms with Crippen LogP contribution in [0.1, 0.15) is 16.7 Å². The molecule has 1 heterocycles. The van der Waals surface area contributed by atoms with Gasteiger partial charge in [-0.15, -0.1) is 0 Å². The molecule has 2 N–H and O–H groups in total. The number of amides is 3. The Morgan fingerprint density at radius 3 is 2.47 bits per heavy atom. The zero-order chi connectivity index (χ0) is 22.5. The average Bonchev–Trinajstić information content (AvgIpc) is 3.24. The summed E-state index contributed by atoms with van der Waals surface area (Å²) < 4.78 is 13.1. The molecule has 1 atom stereocenters. The van der Waals surface area contributed by atoms with Crippen LogP contribution in [0.3, 0.4) is 0 Å². The van der Waals surface area contributed by atoms with Crippen molar-refractivity contribution in [3.8, 4) is 6.07 Å². The normalized spacial score (nSPS) is 13.1. The number of hydrogen-bond donors (Lipinski definition) is 2. The first-order valence-corrected chi connectivity index (χ1v) is 10.2. The van der Waals surface area contributed by atoms with Crippen molar-refractivity contribution in [2.45, 2.75) is 18.9 Å². The SMILES string of the molecule is N#Cc1ccc(CC(NC(=O)Nc2ccc(F)cc2)C(=O)N2CCc3ccccc32)cc1. The number of hydrogen-bond acceptors (Lipinski definition) is 3. The van der Waals surface area contributed by atoms with Gasteiger partial charge in [0, 0.05) is 24.3 Å². The Bertz CT molecular complexity index is 1170. The van der Waals surface area contributed by atoms with Gasteiger partial charge in [-0.2, -0.15) is 5.26 Å². The first-order valence-electron chi connectivity index (χ1n) is 10.2. The summed E-state index contributed by atoms with van der Waals surface area (Å²) in [4.78, 5) is 27.8. The highest BCUT2D eigenvalue weighted by atomic mass is 19.1. The van der Waals surface area contributed by atoms with Crippen LogP contribution in [0.2, 0.25) is 0 Å². The summed E-state index contributed by atoms with van der Waals surface area (Å²) in [6.07, 6.45) is 1.02. The molecule has 4 rings (SSSR count). The largest absolute Gasteiger partial charge is 0.326 e. The van der Waals surface area contributed by atoms with Gasteiger partial charge in [0.15, 0.2) is 0 Å². The molecule has 1 unspecified atom stereocenters. The molecule has 0 fully saturated rings. The third-order valence-corrected chi connectivity index (χ3v) is 5.38. The van der Waals surface area contributed by atoms with Crippen molar-refractivity contribution in [1.29, 1.82) is 5.26 Å². The van der Waals surface area contributed by atoms with E-state index in [0.717, 1.165) is 23.2 Å². The fourth-order valence-electron chi connectivity index (χ4n) is 3.77. The van der Waals surface area contributed by atoms with Crippen molar-refractivity contribution in [2.75, 3.05) is 16.8 Å². The monoisotopic (exact) mass is 428 g/mol. The molecule has 6 nitrogen and oxygen atoms in total. The first-order chi connectivity index (χ1) is 15.5. The zero-order valence-electron chi connectivity index (χ0n) is 17.2. The van der Waals surface area contributed by atoms with E-state index in [4.69, 9.17) is 5.26 Å². The molecule has 3 amide bonds. The van der Waals surface area contributed by atoms with E-state index in [1.807, 2.05) is 24.3 Å². The van der Waals surface area contributed by atoms with Crippen LogP contribution >= 0.6 is 0 Å².